The highest BCUT2D eigenvalue weighted by molar-refractivity contribution is 6.14. The van der Waals surface area contributed by atoms with Crippen LogP contribution in [-0.2, 0) is 15.1 Å². The summed E-state index contributed by atoms with van der Waals surface area (Å²) in [7, 11) is 1.59. The molecule has 1 heterocycles. The van der Waals surface area contributed by atoms with Gasteiger partial charge in [0.25, 0.3) is 0 Å². The molecule has 0 aromatic heterocycles. The second-order valence-electron chi connectivity index (χ2n) is 5.73. The highest BCUT2D eigenvalue weighted by Crippen LogP contribution is 2.45. The van der Waals surface area contributed by atoms with Gasteiger partial charge in [-0.1, -0.05) is 25.0 Å². The van der Waals surface area contributed by atoms with Crippen molar-refractivity contribution in [1.29, 1.82) is 0 Å². The Balaban J connectivity index is 2.02. The van der Waals surface area contributed by atoms with Gasteiger partial charge in [0, 0.05) is 0 Å². The summed E-state index contributed by atoms with van der Waals surface area (Å²) in [6.07, 6.45) is 3.04. The number of nitrogens with zero attached hydrogens (tertiary/aromatic N) is 1. The van der Waals surface area contributed by atoms with E-state index in [1.54, 1.807) is 7.11 Å². The fourth-order valence-electron chi connectivity index (χ4n) is 3.48. The summed E-state index contributed by atoms with van der Waals surface area (Å²) in [6, 6.07) is 6.82. The number of carbonyl (C=O) groups excluding carboxylic acids is 3. The van der Waals surface area contributed by atoms with E-state index in [0.29, 0.717) is 12.8 Å². The fraction of sp³-hybridized carbons (Fsp3) is 0.438. The maximum absolute atomic E-state index is 12.3. The minimum Gasteiger partial charge on any atom is -0.497 e. The summed E-state index contributed by atoms with van der Waals surface area (Å²) in [5.74, 6) is -0.234. The monoisotopic (exact) mass is 302 g/mol. The van der Waals surface area contributed by atoms with Crippen LogP contribution in [0.3, 0.4) is 0 Å². The minimum absolute atomic E-state index is 0.274. The molecule has 1 N–H and O–H groups in total. The molecule has 6 heteroatoms. The summed E-state index contributed by atoms with van der Waals surface area (Å²) in [4.78, 5) is 37.2. The first-order valence-corrected chi connectivity index (χ1v) is 7.38. The Morgan fingerprint density at radius 2 is 1.73 bits per heavy atom. The van der Waals surface area contributed by atoms with Gasteiger partial charge in [-0.05, 0) is 30.5 Å². The number of rotatable bonds is 3. The highest BCUT2D eigenvalue weighted by Gasteiger charge is 2.49. The van der Waals surface area contributed by atoms with Crippen molar-refractivity contribution in [1.82, 2.24) is 10.2 Å². The van der Waals surface area contributed by atoms with Crippen LogP contribution in [0.5, 0.6) is 5.75 Å². The first-order valence-electron chi connectivity index (χ1n) is 7.38. The number of hydrogen-bond acceptors (Lipinski definition) is 4. The predicted molar refractivity (Wildman–Crippen MR) is 78.1 cm³/mol. The van der Waals surface area contributed by atoms with E-state index in [1.807, 2.05) is 24.3 Å². The first-order chi connectivity index (χ1) is 10.6. The molecule has 1 aliphatic heterocycles. The number of methoxy groups -OCH3 is 1. The minimum atomic E-state index is -0.659. The van der Waals surface area contributed by atoms with Gasteiger partial charge in [0.1, 0.15) is 12.2 Å². The van der Waals surface area contributed by atoms with Crippen molar-refractivity contribution < 1.29 is 19.1 Å². The molecule has 1 saturated heterocycles. The van der Waals surface area contributed by atoms with Crippen molar-refractivity contribution in [3.8, 4) is 5.75 Å². The predicted octanol–water partition coefficient (Wildman–Crippen LogP) is 1.93. The van der Waals surface area contributed by atoms with Crippen LogP contribution in [0, 0.1) is 0 Å². The number of urea groups is 1. The van der Waals surface area contributed by atoms with Crippen LogP contribution in [0.15, 0.2) is 24.3 Å². The lowest BCUT2D eigenvalue weighted by Crippen LogP contribution is -2.60. The number of nitrogens with one attached hydrogen (secondary N) is 1. The molecule has 0 radical (unpaired) electrons. The zero-order chi connectivity index (χ0) is 15.7. The van der Waals surface area contributed by atoms with Crippen molar-refractivity contribution in [2.75, 3.05) is 7.11 Å². The average Bonchev–Trinajstić information content (AvgIpc) is 2.97. The fourth-order valence-corrected chi connectivity index (χ4v) is 3.48. The van der Waals surface area contributed by atoms with Crippen molar-refractivity contribution in [3.63, 3.8) is 0 Å². The number of barbiturate groups is 1. The molecule has 1 aromatic rings. The van der Waals surface area contributed by atoms with Crippen molar-refractivity contribution in [3.05, 3.63) is 29.8 Å². The third-order valence-corrected chi connectivity index (χ3v) is 4.50. The molecule has 0 atom stereocenters. The van der Waals surface area contributed by atoms with Gasteiger partial charge in [-0.15, -0.1) is 0 Å². The zero-order valence-corrected chi connectivity index (χ0v) is 12.4. The van der Waals surface area contributed by atoms with Gasteiger partial charge in [-0.2, -0.15) is 0 Å². The number of hydrogen-bond donors (Lipinski definition) is 1. The largest absolute Gasteiger partial charge is 0.497 e. The van der Waals surface area contributed by atoms with Gasteiger partial charge >= 0.3 is 6.03 Å². The molecular formula is C16H18N2O4. The number of benzene rings is 1. The van der Waals surface area contributed by atoms with E-state index < -0.39 is 23.4 Å². The smallest absolute Gasteiger partial charge is 0.331 e. The van der Waals surface area contributed by atoms with E-state index in [-0.39, 0.29) is 6.42 Å². The molecule has 1 aliphatic carbocycles. The lowest BCUT2D eigenvalue weighted by atomic mass is 9.85. The van der Waals surface area contributed by atoms with Crippen LogP contribution in [0.25, 0.3) is 0 Å². The Morgan fingerprint density at radius 1 is 1.09 bits per heavy atom. The molecule has 1 saturated carbocycles. The topological polar surface area (TPSA) is 75.7 Å². The Labute approximate surface area is 128 Å². The lowest BCUT2D eigenvalue weighted by Gasteiger charge is -2.41. The van der Waals surface area contributed by atoms with Gasteiger partial charge < -0.3 is 4.74 Å². The summed E-state index contributed by atoms with van der Waals surface area (Å²) in [5.41, 5.74) is 0.248. The van der Waals surface area contributed by atoms with E-state index >= 15 is 0 Å². The average molecular weight is 302 g/mol. The molecule has 6 nitrogen and oxygen atoms in total. The summed E-state index contributed by atoms with van der Waals surface area (Å²) >= 11 is 0. The number of imide groups is 2. The van der Waals surface area contributed by atoms with E-state index in [9.17, 15) is 14.4 Å². The van der Waals surface area contributed by atoms with E-state index in [0.717, 1.165) is 24.2 Å². The maximum Gasteiger partial charge on any atom is 0.331 e. The standard InChI is InChI=1S/C16H18N2O4/c1-22-12-6-4-11(5-7-12)16(8-2-3-9-16)18-14(20)10-13(19)17-15(18)21/h4-7H,2-3,8-10H2,1H3,(H,17,19,21). The van der Waals surface area contributed by atoms with Crippen LogP contribution in [0.1, 0.15) is 37.7 Å². The SMILES string of the molecule is COc1ccc(C2(N3C(=O)CC(=O)NC3=O)CCCC2)cc1. The molecule has 0 bridgehead atoms. The second kappa shape index (κ2) is 5.44. The van der Waals surface area contributed by atoms with E-state index in [1.165, 1.54) is 4.90 Å². The van der Waals surface area contributed by atoms with Gasteiger partial charge in [0.2, 0.25) is 11.8 Å². The lowest BCUT2D eigenvalue weighted by molar-refractivity contribution is -0.140. The normalized spacial score (nSPS) is 21.0. The third-order valence-electron chi connectivity index (χ3n) is 4.50. The number of carbonyl (C=O) groups is 3. The van der Waals surface area contributed by atoms with Crippen molar-refractivity contribution in [2.45, 2.75) is 37.6 Å². The van der Waals surface area contributed by atoms with Gasteiger partial charge in [-0.25, -0.2) is 4.79 Å². The van der Waals surface area contributed by atoms with Gasteiger partial charge in [-0.3, -0.25) is 19.8 Å². The first kappa shape index (κ1) is 14.6. The van der Waals surface area contributed by atoms with Crippen LogP contribution in [0.2, 0.25) is 0 Å². The highest BCUT2D eigenvalue weighted by atomic mass is 16.5. The third kappa shape index (κ3) is 2.24. The molecule has 2 fully saturated rings. The molecular weight excluding hydrogens is 284 g/mol. The molecule has 2 aliphatic rings. The Kier molecular flexibility index (Phi) is 3.60. The van der Waals surface area contributed by atoms with E-state index in [2.05, 4.69) is 5.32 Å². The Morgan fingerprint density at radius 3 is 2.27 bits per heavy atom. The van der Waals surface area contributed by atoms with Crippen LogP contribution in [-0.4, -0.2) is 29.9 Å². The molecule has 22 heavy (non-hydrogen) atoms. The molecule has 116 valence electrons. The number of ether oxygens (including phenoxy) is 1. The molecule has 0 unspecified atom stereocenters. The zero-order valence-electron chi connectivity index (χ0n) is 12.4. The molecule has 3 rings (SSSR count). The maximum atomic E-state index is 12.3. The second-order valence-corrected chi connectivity index (χ2v) is 5.73. The van der Waals surface area contributed by atoms with Gasteiger partial charge in [0.15, 0.2) is 0 Å². The Bertz CT molecular complexity index is 598. The van der Waals surface area contributed by atoms with Crippen LogP contribution in [0.4, 0.5) is 4.79 Å². The van der Waals surface area contributed by atoms with Crippen molar-refractivity contribution >= 4 is 17.8 Å². The Hall–Kier alpha value is -2.37. The summed E-state index contributed by atoms with van der Waals surface area (Å²) < 4.78 is 5.16. The van der Waals surface area contributed by atoms with Crippen LogP contribution < -0.4 is 10.1 Å². The molecule has 4 amide bonds. The van der Waals surface area contributed by atoms with Crippen LogP contribution >= 0.6 is 0 Å². The quantitative estimate of drug-likeness (QED) is 0.866. The molecule has 0 spiro atoms. The number of amides is 4. The molecule has 1 aromatic carbocycles. The van der Waals surface area contributed by atoms with Gasteiger partial charge in [0.05, 0.1) is 12.6 Å². The summed E-state index contributed by atoms with van der Waals surface area (Å²) in [5, 5.41) is 2.26. The van der Waals surface area contributed by atoms with Crippen molar-refractivity contribution in [2.24, 2.45) is 0 Å². The summed E-state index contributed by atoms with van der Waals surface area (Å²) in [6.45, 7) is 0. The van der Waals surface area contributed by atoms with E-state index in [4.69, 9.17) is 4.74 Å².